The molecule has 1 fully saturated rings. The van der Waals surface area contributed by atoms with Gasteiger partial charge >= 0.3 is 0 Å². The average molecular weight is 342 g/mol. The van der Waals surface area contributed by atoms with Gasteiger partial charge in [-0.05, 0) is 37.1 Å². The first-order valence-corrected chi connectivity index (χ1v) is 9.21. The molecule has 0 aliphatic carbocycles. The van der Waals surface area contributed by atoms with Crippen molar-refractivity contribution in [2.75, 3.05) is 18.1 Å². The maximum Gasteiger partial charge on any atom is 0.0998 e. The van der Waals surface area contributed by atoms with Crippen LogP contribution in [0.25, 0.3) is 10.8 Å². The van der Waals surface area contributed by atoms with Gasteiger partial charge in [0.1, 0.15) is 0 Å². The first kappa shape index (κ1) is 16.6. The third-order valence-corrected chi connectivity index (χ3v) is 5.00. The minimum atomic E-state index is 0.732. The van der Waals surface area contributed by atoms with Crippen LogP contribution in [-0.4, -0.2) is 23.1 Å². The van der Waals surface area contributed by atoms with Gasteiger partial charge in [0, 0.05) is 30.1 Å². The number of nitriles is 1. The molecule has 26 heavy (non-hydrogen) atoms. The zero-order chi connectivity index (χ0) is 17.8. The Morgan fingerprint density at radius 1 is 0.885 bits per heavy atom. The van der Waals surface area contributed by atoms with Crippen molar-refractivity contribution in [1.29, 1.82) is 5.26 Å². The van der Waals surface area contributed by atoms with Crippen molar-refractivity contribution >= 4 is 16.5 Å². The summed E-state index contributed by atoms with van der Waals surface area (Å²) in [7, 11) is 0. The second-order valence-electron chi connectivity index (χ2n) is 6.68. The SMILES string of the molecule is N#Cc1ccc(N2CCCCCN2Cc2ccccn2)c2ccccc12. The highest BCUT2D eigenvalue weighted by atomic mass is 15.6. The molecule has 130 valence electrons. The molecule has 2 aromatic carbocycles. The lowest BCUT2D eigenvalue weighted by Gasteiger charge is -2.36. The van der Waals surface area contributed by atoms with Crippen molar-refractivity contribution in [3.05, 3.63) is 72.1 Å². The molecule has 0 atom stereocenters. The van der Waals surface area contributed by atoms with Crippen LogP contribution >= 0.6 is 0 Å². The normalized spacial score (nSPS) is 15.6. The third-order valence-electron chi connectivity index (χ3n) is 5.00. The van der Waals surface area contributed by atoms with E-state index in [0.29, 0.717) is 0 Å². The molecule has 1 aliphatic heterocycles. The fourth-order valence-electron chi connectivity index (χ4n) is 3.72. The van der Waals surface area contributed by atoms with Gasteiger partial charge in [-0.25, -0.2) is 5.01 Å². The summed E-state index contributed by atoms with van der Waals surface area (Å²) in [4.78, 5) is 4.51. The van der Waals surface area contributed by atoms with E-state index in [9.17, 15) is 5.26 Å². The van der Waals surface area contributed by atoms with E-state index < -0.39 is 0 Å². The molecular weight excluding hydrogens is 320 g/mol. The summed E-state index contributed by atoms with van der Waals surface area (Å²) in [6, 6.07) is 20.7. The van der Waals surface area contributed by atoms with Gasteiger partial charge < -0.3 is 5.01 Å². The van der Waals surface area contributed by atoms with Crippen molar-refractivity contribution in [3.8, 4) is 6.07 Å². The molecule has 0 radical (unpaired) electrons. The Morgan fingerprint density at radius 2 is 1.69 bits per heavy atom. The quantitative estimate of drug-likeness (QED) is 0.702. The predicted molar refractivity (Wildman–Crippen MR) is 105 cm³/mol. The molecule has 1 saturated heterocycles. The Bertz CT molecular complexity index is 930. The Hall–Kier alpha value is -2.90. The topological polar surface area (TPSA) is 43.2 Å². The van der Waals surface area contributed by atoms with Crippen LogP contribution in [0.4, 0.5) is 5.69 Å². The van der Waals surface area contributed by atoms with E-state index in [0.717, 1.165) is 41.7 Å². The number of nitrogens with zero attached hydrogens (tertiary/aromatic N) is 4. The fourth-order valence-corrected chi connectivity index (χ4v) is 3.72. The summed E-state index contributed by atoms with van der Waals surface area (Å²) in [5.41, 5.74) is 2.99. The summed E-state index contributed by atoms with van der Waals surface area (Å²) in [6.07, 6.45) is 5.46. The predicted octanol–water partition coefficient (Wildman–Crippen LogP) is 4.51. The lowest BCUT2D eigenvalue weighted by molar-refractivity contribution is 0.250. The van der Waals surface area contributed by atoms with E-state index in [1.165, 1.54) is 24.9 Å². The van der Waals surface area contributed by atoms with E-state index >= 15 is 0 Å². The minimum absolute atomic E-state index is 0.732. The number of hydrogen-bond donors (Lipinski definition) is 0. The van der Waals surface area contributed by atoms with Crippen LogP contribution in [0.15, 0.2) is 60.8 Å². The van der Waals surface area contributed by atoms with E-state index in [1.807, 2.05) is 42.6 Å². The molecular formula is C22H22N4. The van der Waals surface area contributed by atoms with Crippen molar-refractivity contribution in [2.24, 2.45) is 0 Å². The van der Waals surface area contributed by atoms with Crippen LogP contribution in [0, 0.1) is 11.3 Å². The summed E-state index contributed by atoms with van der Waals surface area (Å²) in [6.45, 7) is 2.81. The Labute approximate surface area is 154 Å². The van der Waals surface area contributed by atoms with Crippen LogP contribution in [0.3, 0.4) is 0 Å². The minimum Gasteiger partial charge on any atom is -0.305 e. The zero-order valence-electron chi connectivity index (χ0n) is 14.8. The van der Waals surface area contributed by atoms with Crippen molar-refractivity contribution in [3.63, 3.8) is 0 Å². The van der Waals surface area contributed by atoms with Crippen molar-refractivity contribution in [1.82, 2.24) is 9.99 Å². The van der Waals surface area contributed by atoms with Crippen LogP contribution in [0.5, 0.6) is 0 Å². The van der Waals surface area contributed by atoms with Crippen LogP contribution in [0.1, 0.15) is 30.5 Å². The Balaban J connectivity index is 1.76. The van der Waals surface area contributed by atoms with Gasteiger partial charge in [0.25, 0.3) is 0 Å². The van der Waals surface area contributed by atoms with Crippen LogP contribution in [-0.2, 0) is 6.54 Å². The van der Waals surface area contributed by atoms with Gasteiger partial charge in [-0.2, -0.15) is 5.26 Å². The smallest absolute Gasteiger partial charge is 0.0998 e. The second kappa shape index (κ2) is 7.55. The molecule has 0 unspecified atom stereocenters. The molecule has 4 heteroatoms. The van der Waals surface area contributed by atoms with E-state index in [4.69, 9.17) is 0 Å². The van der Waals surface area contributed by atoms with Gasteiger partial charge in [0.2, 0.25) is 0 Å². The van der Waals surface area contributed by atoms with E-state index in [2.05, 4.69) is 39.3 Å². The molecule has 3 aromatic rings. The number of hydrazine groups is 1. The summed E-state index contributed by atoms with van der Waals surface area (Å²) in [5, 5.41) is 16.4. The molecule has 1 aliphatic rings. The van der Waals surface area contributed by atoms with Gasteiger partial charge in [-0.1, -0.05) is 36.8 Å². The average Bonchev–Trinajstić information content (AvgIpc) is 2.93. The molecule has 4 rings (SSSR count). The summed E-state index contributed by atoms with van der Waals surface area (Å²) >= 11 is 0. The van der Waals surface area contributed by atoms with Gasteiger partial charge in [-0.3, -0.25) is 4.98 Å². The number of aromatic nitrogens is 1. The number of pyridine rings is 1. The molecule has 0 N–H and O–H groups in total. The lowest BCUT2D eigenvalue weighted by atomic mass is 10.0. The standard InChI is InChI=1S/C22H22N4/c23-16-18-11-12-22(21-10-3-2-9-20(18)21)26-15-7-1-6-14-25(26)17-19-8-4-5-13-24-19/h2-5,8-13H,1,6-7,14-15,17H2. The monoisotopic (exact) mass is 342 g/mol. The molecule has 0 saturated carbocycles. The second-order valence-corrected chi connectivity index (χ2v) is 6.68. The highest BCUT2D eigenvalue weighted by molar-refractivity contribution is 5.97. The maximum atomic E-state index is 9.45. The zero-order valence-corrected chi connectivity index (χ0v) is 14.8. The fraction of sp³-hybridized carbons (Fsp3) is 0.273. The molecule has 4 nitrogen and oxygen atoms in total. The van der Waals surface area contributed by atoms with Crippen molar-refractivity contribution < 1.29 is 0 Å². The number of hydrogen-bond acceptors (Lipinski definition) is 4. The highest BCUT2D eigenvalue weighted by Gasteiger charge is 2.21. The Morgan fingerprint density at radius 3 is 2.50 bits per heavy atom. The number of anilines is 1. The van der Waals surface area contributed by atoms with Gasteiger partial charge in [0.15, 0.2) is 0 Å². The summed E-state index contributed by atoms with van der Waals surface area (Å²) in [5.74, 6) is 0. The number of benzene rings is 2. The maximum absolute atomic E-state index is 9.45. The van der Waals surface area contributed by atoms with Crippen LogP contribution in [0.2, 0.25) is 0 Å². The van der Waals surface area contributed by atoms with Gasteiger partial charge in [-0.15, -0.1) is 0 Å². The molecule has 0 amide bonds. The first-order chi connectivity index (χ1) is 12.9. The number of rotatable bonds is 3. The summed E-state index contributed by atoms with van der Waals surface area (Å²) < 4.78 is 0. The highest BCUT2D eigenvalue weighted by Crippen LogP contribution is 2.32. The molecule has 2 heterocycles. The first-order valence-electron chi connectivity index (χ1n) is 9.21. The molecule has 0 bridgehead atoms. The third kappa shape index (κ3) is 3.26. The van der Waals surface area contributed by atoms with Crippen LogP contribution < -0.4 is 5.01 Å². The lowest BCUT2D eigenvalue weighted by Crippen LogP contribution is -2.42. The van der Waals surface area contributed by atoms with Gasteiger partial charge in [0.05, 0.1) is 29.6 Å². The largest absolute Gasteiger partial charge is 0.305 e. The molecule has 1 aromatic heterocycles. The van der Waals surface area contributed by atoms with E-state index in [-0.39, 0.29) is 0 Å². The van der Waals surface area contributed by atoms with E-state index in [1.54, 1.807) is 0 Å². The number of fused-ring (bicyclic) bond motifs is 1. The Kier molecular flexibility index (Phi) is 4.81. The van der Waals surface area contributed by atoms with Crippen molar-refractivity contribution in [2.45, 2.75) is 25.8 Å². The molecule has 0 spiro atoms.